The van der Waals surface area contributed by atoms with Gasteiger partial charge in [0, 0.05) is 19.5 Å². The molecule has 0 aliphatic heterocycles. The van der Waals surface area contributed by atoms with E-state index in [4.69, 9.17) is 0 Å². The quantitative estimate of drug-likeness (QED) is 0.649. The third kappa shape index (κ3) is 3.35. The van der Waals surface area contributed by atoms with Gasteiger partial charge in [0.1, 0.15) is 6.04 Å². The minimum Gasteiger partial charge on any atom is -0.366 e. The highest BCUT2D eigenvalue weighted by Gasteiger charge is 2.15. The molecule has 6 heteroatoms. The summed E-state index contributed by atoms with van der Waals surface area (Å²) < 4.78 is 2.95. The Bertz CT molecular complexity index is 584. The Morgan fingerprint density at radius 3 is 2.56 bits per heavy atom. The van der Waals surface area contributed by atoms with Crippen LogP contribution in [0.3, 0.4) is 0 Å². The molecule has 0 fully saturated rings. The Kier molecular flexibility index (Phi) is 4.84. The van der Waals surface area contributed by atoms with Crippen LogP contribution in [0, 0.1) is 11.3 Å². The lowest BCUT2D eigenvalue weighted by Crippen LogP contribution is -2.06. The minimum absolute atomic E-state index is 0.355. The summed E-state index contributed by atoms with van der Waals surface area (Å²) in [7, 11) is 0. The van der Waals surface area contributed by atoms with Crippen molar-refractivity contribution in [3.8, 4) is 6.07 Å². The van der Waals surface area contributed by atoms with Crippen molar-refractivity contribution in [3.05, 3.63) is 47.9 Å². The molecule has 1 aromatic carbocycles. The van der Waals surface area contributed by atoms with Crippen molar-refractivity contribution < 1.29 is 0 Å². The van der Waals surface area contributed by atoms with Gasteiger partial charge in [-0.25, -0.2) is 0 Å². The van der Waals surface area contributed by atoms with Crippen LogP contribution < -0.4 is 5.32 Å². The molecular formula is C12H7Br3N2S. The predicted molar refractivity (Wildman–Crippen MR) is 85.8 cm³/mol. The van der Waals surface area contributed by atoms with Gasteiger partial charge in [0.15, 0.2) is 0 Å². The Morgan fingerprint density at radius 2 is 2.00 bits per heavy atom. The van der Waals surface area contributed by atoms with Crippen LogP contribution in [0.2, 0.25) is 0 Å². The van der Waals surface area contributed by atoms with Crippen molar-refractivity contribution in [1.29, 1.82) is 5.26 Å². The van der Waals surface area contributed by atoms with Crippen molar-refractivity contribution >= 4 is 64.8 Å². The van der Waals surface area contributed by atoms with Crippen LogP contribution in [0.5, 0.6) is 0 Å². The molecule has 92 valence electrons. The summed E-state index contributed by atoms with van der Waals surface area (Å²) in [4.78, 5) is 0.969. The van der Waals surface area contributed by atoms with Crippen LogP contribution >= 0.6 is 59.1 Å². The first kappa shape index (κ1) is 14.1. The fourth-order valence-corrected chi connectivity index (χ4v) is 3.90. The second-order valence-electron chi connectivity index (χ2n) is 3.49. The highest BCUT2D eigenvalue weighted by Crippen LogP contribution is 2.36. The maximum atomic E-state index is 9.26. The smallest absolute Gasteiger partial charge is 0.149 e. The molecule has 0 aliphatic carbocycles. The van der Waals surface area contributed by atoms with Crippen molar-refractivity contribution in [2.24, 2.45) is 0 Å². The predicted octanol–water partition coefficient (Wildman–Crippen LogP) is 5.71. The van der Waals surface area contributed by atoms with Crippen LogP contribution in [0.15, 0.2) is 43.1 Å². The van der Waals surface area contributed by atoms with E-state index in [1.807, 2.05) is 30.3 Å². The van der Waals surface area contributed by atoms with Crippen LogP contribution in [0.1, 0.15) is 10.9 Å². The number of rotatable bonds is 3. The molecule has 0 radical (unpaired) electrons. The Balaban J connectivity index is 2.23. The van der Waals surface area contributed by atoms with E-state index in [1.54, 1.807) is 11.3 Å². The molecule has 0 spiro atoms. The maximum Gasteiger partial charge on any atom is 0.149 e. The maximum absolute atomic E-state index is 9.26. The zero-order valence-corrected chi connectivity index (χ0v) is 14.5. The summed E-state index contributed by atoms with van der Waals surface area (Å²) in [6.07, 6.45) is 0. The Labute approximate surface area is 134 Å². The van der Waals surface area contributed by atoms with Crippen LogP contribution in [-0.4, -0.2) is 0 Å². The first-order chi connectivity index (χ1) is 8.60. The van der Waals surface area contributed by atoms with Gasteiger partial charge in [0.2, 0.25) is 0 Å². The van der Waals surface area contributed by atoms with Gasteiger partial charge in [-0.2, -0.15) is 5.26 Å². The fourth-order valence-electron chi connectivity index (χ4n) is 1.42. The number of hydrogen-bond acceptors (Lipinski definition) is 3. The van der Waals surface area contributed by atoms with E-state index in [1.165, 1.54) is 0 Å². The summed E-state index contributed by atoms with van der Waals surface area (Å²) in [5, 5.41) is 12.5. The van der Waals surface area contributed by atoms with E-state index in [0.29, 0.717) is 0 Å². The summed E-state index contributed by atoms with van der Waals surface area (Å²) in [6.45, 7) is 0. The van der Waals surface area contributed by atoms with E-state index in [0.717, 1.165) is 23.3 Å². The lowest BCUT2D eigenvalue weighted by molar-refractivity contribution is 1.03. The van der Waals surface area contributed by atoms with Crippen LogP contribution in [-0.2, 0) is 0 Å². The SMILES string of the molecule is N#CC(Nc1cccc(Br)c1)c1cc(Br)c(Br)s1. The zero-order valence-electron chi connectivity index (χ0n) is 8.95. The molecule has 0 saturated heterocycles. The molecule has 2 aromatic rings. The molecule has 2 nitrogen and oxygen atoms in total. The Hall–Kier alpha value is -0.350. The van der Waals surface area contributed by atoms with Gasteiger partial charge < -0.3 is 5.32 Å². The van der Waals surface area contributed by atoms with E-state index in [2.05, 4.69) is 59.2 Å². The number of nitrogens with zero attached hydrogens (tertiary/aromatic N) is 1. The topological polar surface area (TPSA) is 35.8 Å². The molecular weight excluding hydrogens is 444 g/mol. The third-order valence-corrected chi connectivity index (χ3v) is 6.03. The molecule has 0 amide bonds. The molecule has 0 bridgehead atoms. The van der Waals surface area contributed by atoms with Crippen molar-refractivity contribution in [1.82, 2.24) is 0 Å². The first-order valence-corrected chi connectivity index (χ1v) is 8.16. The van der Waals surface area contributed by atoms with Gasteiger partial charge in [0.25, 0.3) is 0 Å². The molecule has 1 heterocycles. The molecule has 1 N–H and O–H groups in total. The monoisotopic (exact) mass is 448 g/mol. The summed E-state index contributed by atoms with van der Waals surface area (Å²) in [5.74, 6) is 0. The van der Waals surface area contributed by atoms with Gasteiger partial charge in [-0.05, 0) is 56.1 Å². The summed E-state index contributed by atoms with van der Waals surface area (Å²) in [6, 6.07) is 11.6. The Morgan fingerprint density at radius 1 is 1.22 bits per heavy atom. The minimum atomic E-state index is -0.355. The van der Waals surface area contributed by atoms with E-state index >= 15 is 0 Å². The number of nitriles is 1. The fraction of sp³-hybridized carbons (Fsp3) is 0.0833. The van der Waals surface area contributed by atoms with Crippen molar-refractivity contribution in [3.63, 3.8) is 0 Å². The zero-order chi connectivity index (χ0) is 13.1. The van der Waals surface area contributed by atoms with Gasteiger partial charge in [-0.3, -0.25) is 0 Å². The summed E-state index contributed by atoms with van der Waals surface area (Å²) in [5.41, 5.74) is 0.913. The van der Waals surface area contributed by atoms with Crippen molar-refractivity contribution in [2.45, 2.75) is 6.04 Å². The van der Waals surface area contributed by atoms with E-state index in [-0.39, 0.29) is 6.04 Å². The van der Waals surface area contributed by atoms with Crippen LogP contribution in [0.4, 0.5) is 5.69 Å². The lowest BCUT2D eigenvalue weighted by Gasteiger charge is -2.11. The van der Waals surface area contributed by atoms with Gasteiger partial charge in [-0.1, -0.05) is 22.0 Å². The third-order valence-electron chi connectivity index (χ3n) is 2.21. The highest BCUT2D eigenvalue weighted by atomic mass is 79.9. The number of halogens is 3. The van der Waals surface area contributed by atoms with Crippen LogP contribution in [0.25, 0.3) is 0 Å². The van der Waals surface area contributed by atoms with E-state index in [9.17, 15) is 5.26 Å². The second kappa shape index (κ2) is 6.20. The molecule has 0 saturated carbocycles. The molecule has 18 heavy (non-hydrogen) atoms. The average Bonchev–Trinajstić information content (AvgIpc) is 2.66. The molecule has 1 atom stereocenters. The number of nitrogens with one attached hydrogen (secondary N) is 1. The number of hydrogen-bond donors (Lipinski definition) is 1. The normalized spacial score (nSPS) is 11.9. The molecule has 1 unspecified atom stereocenters. The average molecular weight is 451 g/mol. The standard InChI is InChI=1S/C12H7Br3N2S/c13-7-2-1-3-8(4-7)17-10(6-16)11-5-9(14)12(15)18-11/h1-5,10,17H. The number of anilines is 1. The largest absolute Gasteiger partial charge is 0.366 e. The highest BCUT2D eigenvalue weighted by molar-refractivity contribution is 9.13. The molecule has 2 rings (SSSR count). The number of benzene rings is 1. The summed E-state index contributed by atoms with van der Waals surface area (Å²) >= 11 is 11.8. The second-order valence-corrected chi connectivity index (χ2v) is 7.66. The number of thiophene rings is 1. The van der Waals surface area contributed by atoms with Crippen molar-refractivity contribution in [2.75, 3.05) is 5.32 Å². The molecule has 1 aromatic heterocycles. The van der Waals surface area contributed by atoms with Gasteiger partial charge in [0.05, 0.1) is 9.86 Å². The van der Waals surface area contributed by atoms with Gasteiger partial charge in [-0.15, -0.1) is 11.3 Å². The molecule has 0 aliphatic rings. The first-order valence-electron chi connectivity index (χ1n) is 4.96. The van der Waals surface area contributed by atoms with E-state index < -0.39 is 0 Å². The van der Waals surface area contributed by atoms with Gasteiger partial charge >= 0.3 is 0 Å². The lowest BCUT2D eigenvalue weighted by atomic mass is 10.2.